The Morgan fingerprint density at radius 3 is 2.47 bits per heavy atom. The van der Waals surface area contributed by atoms with Crippen LogP contribution in [0, 0.1) is 0 Å². The summed E-state index contributed by atoms with van der Waals surface area (Å²) < 4.78 is 42.3. The van der Waals surface area contributed by atoms with E-state index in [0.29, 0.717) is 0 Å². The predicted octanol–water partition coefficient (Wildman–Crippen LogP) is 3.74. The third-order valence-corrected chi connectivity index (χ3v) is 3.24. The maximum absolute atomic E-state index is 12.6. The van der Waals surface area contributed by atoms with Crippen molar-refractivity contribution in [1.82, 2.24) is 0 Å². The van der Waals surface area contributed by atoms with Crippen molar-refractivity contribution in [2.45, 2.75) is 19.0 Å². The Kier molecular flexibility index (Phi) is 4.19. The van der Waals surface area contributed by atoms with Crippen LogP contribution < -0.4 is 0 Å². The van der Waals surface area contributed by atoms with Crippen molar-refractivity contribution in [2.24, 2.45) is 0 Å². The first kappa shape index (κ1) is 14.0. The maximum atomic E-state index is 12.6. The second-order valence-electron chi connectivity index (χ2n) is 3.45. The van der Waals surface area contributed by atoms with Crippen LogP contribution >= 0.6 is 15.9 Å². The average Bonchev–Trinajstić information content (AvgIpc) is 2.25. The van der Waals surface area contributed by atoms with Gasteiger partial charge in [-0.05, 0) is 34.5 Å². The molecular formula is C11H10BrF3O2. The molecule has 0 saturated carbocycles. The van der Waals surface area contributed by atoms with Gasteiger partial charge in [0.25, 0.3) is 0 Å². The minimum atomic E-state index is -4.45. The lowest BCUT2D eigenvalue weighted by Crippen LogP contribution is -2.14. The Morgan fingerprint density at radius 2 is 2.00 bits per heavy atom. The minimum Gasteiger partial charge on any atom is -0.469 e. The Bertz CT molecular complexity index is 429. The zero-order valence-electron chi connectivity index (χ0n) is 9.14. The Morgan fingerprint density at radius 1 is 1.41 bits per heavy atom. The Labute approximate surface area is 105 Å². The van der Waals surface area contributed by atoms with E-state index in [1.54, 1.807) is 0 Å². The van der Waals surface area contributed by atoms with Crippen LogP contribution in [0.2, 0.25) is 0 Å². The molecule has 1 atom stereocenters. The van der Waals surface area contributed by atoms with Crippen LogP contribution in [-0.4, -0.2) is 13.1 Å². The summed E-state index contributed by atoms with van der Waals surface area (Å²) in [4.78, 5) is 11.3. The summed E-state index contributed by atoms with van der Waals surface area (Å²) in [5.74, 6) is -1.33. The van der Waals surface area contributed by atoms with Gasteiger partial charge in [0.05, 0.1) is 18.6 Å². The highest BCUT2D eigenvalue weighted by molar-refractivity contribution is 9.10. The number of hydrogen-bond donors (Lipinski definition) is 0. The van der Waals surface area contributed by atoms with Crippen molar-refractivity contribution in [3.8, 4) is 0 Å². The van der Waals surface area contributed by atoms with Gasteiger partial charge < -0.3 is 4.74 Å². The molecule has 0 bridgehead atoms. The molecule has 0 N–H and O–H groups in total. The highest BCUT2D eigenvalue weighted by atomic mass is 79.9. The third kappa shape index (κ3) is 3.00. The van der Waals surface area contributed by atoms with Crippen LogP contribution in [0.15, 0.2) is 22.7 Å². The molecule has 1 aromatic carbocycles. The molecule has 0 saturated heterocycles. The number of methoxy groups -OCH3 is 1. The van der Waals surface area contributed by atoms with Crippen molar-refractivity contribution in [3.05, 3.63) is 33.8 Å². The second-order valence-corrected chi connectivity index (χ2v) is 4.24. The summed E-state index contributed by atoms with van der Waals surface area (Å²) in [6, 6.07) is 3.68. The Balaban J connectivity index is 3.24. The summed E-state index contributed by atoms with van der Waals surface area (Å²) in [6.07, 6.45) is -4.45. The number of halogens is 4. The maximum Gasteiger partial charge on any atom is 0.417 e. The molecule has 0 unspecified atom stereocenters. The number of benzene rings is 1. The van der Waals surface area contributed by atoms with Gasteiger partial charge in [0.1, 0.15) is 0 Å². The molecule has 0 fully saturated rings. The van der Waals surface area contributed by atoms with E-state index >= 15 is 0 Å². The van der Waals surface area contributed by atoms with Crippen molar-refractivity contribution in [1.29, 1.82) is 0 Å². The first-order chi connectivity index (χ1) is 7.79. The van der Waals surface area contributed by atoms with Gasteiger partial charge >= 0.3 is 12.1 Å². The third-order valence-electron chi connectivity index (χ3n) is 2.36. The number of carbonyl (C=O) groups is 1. The van der Waals surface area contributed by atoms with E-state index in [4.69, 9.17) is 0 Å². The van der Waals surface area contributed by atoms with E-state index in [1.165, 1.54) is 26.2 Å². The molecule has 17 heavy (non-hydrogen) atoms. The summed E-state index contributed by atoms with van der Waals surface area (Å²) in [5.41, 5.74) is -0.544. The van der Waals surface area contributed by atoms with Crippen LogP contribution in [0.4, 0.5) is 13.2 Å². The van der Waals surface area contributed by atoms with Crippen LogP contribution in [0.3, 0.4) is 0 Å². The fraction of sp³-hybridized carbons (Fsp3) is 0.364. The van der Waals surface area contributed by atoms with Gasteiger partial charge in [0.15, 0.2) is 0 Å². The lowest BCUT2D eigenvalue weighted by atomic mass is 9.99. The van der Waals surface area contributed by atoms with E-state index < -0.39 is 23.6 Å². The number of esters is 1. The van der Waals surface area contributed by atoms with Gasteiger partial charge in [-0.25, -0.2) is 0 Å². The fourth-order valence-corrected chi connectivity index (χ4v) is 2.24. The van der Waals surface area contributed by atoms with Crippen LogP contribution in [0.5, 0.6) is 0 Å². The van der Waals surface area contributed by atoms with Gasteiger partial charge in [-0.1, -0.05) is 12.1 Å². The molecule has 6 heteroatoms. The quantitative estimate of drug-likeness (QED) is 0.778. The van der Waals surface area contributed by atoms with Gasteiger partial charge in [-0.15, -0.1) is 0 Å². The SMILES string of the molecule is COC(=O)[C@@H](C)c1cccc(C(F)(F)F)c1Br. The number of alkyl halides is 3. The largest absolute Gasteiger partial charge is 0.469 e. The number of ether oxygens (including phenoxy) is 1. The molecule has 94 valence electrons. The van der Waals surface area contributed by atoms with Gasteiger partial charge in [0, 0.05) is 4.47 Å². The minimum absolute atomic E-state index is 0.120. The van der Waals surface area contributed by atoms with E-state index in [0.717, 1.165) is 6.07 Å². The topological polar surface area (TPSA) is 26.3 Å². The molecule has 1 aromatic rings. The molecular weight excluding hydrogens is 301 g/mol. The number of carbonyl (C=O) groups excluding carboxylic acids is 1. The molecule has 0 heterocycles. The van der Waals surface area contributed by atoms with E-state index in [9.17, 15) is 18.0 Å². The van der Waals surface area contributed by atoms with Crippen molar-refractivity contribution in [3.63, 3.8) is 0 Å². The fourth-order valence-electron chi connectivity index (χ4n) is 1.41. The zero-order valence-corrected chi connectivity index (χ0v) is 10.7. The highest BCUT2D eigenvalue weighted by Gasteiger charge is 2.34. The van der Waals surface area contributed by atoms with Crippen LogP contribution in [0.25, 0.3) is 0 Å². The lowest BCUT2D eigenvalue weighted by molar-refractivity contribution is -0.142. The van der Waals surface area contributed by atoms with Crippen molar-refractivity contribution >= 4 is 21.9 Å². The molecule has 0 aliphatic rings. The summed E-state index contributed by atoms with van der Waals surface area (Å²) in [7, 11) is 1.19. The van der Waals surface area contributed by atoms with E-state index in [1.807, 2.05) is 0 Å². The monoisotopic (exact) mass is 310 g/mol. The van der Waals surface area contributed by atoms with Crippen LogP contribution in [-0.2, 0) is 15.7 Å². The Hall–Kier alpha value is -1.04. The molecule has 0 radical (unpaired) electrons. The van der Waals surface area contributed by atoms with Gasteiger partial charge in [-0.2, -0.15) is 13.2 Å². The number of hydrogen-bond acceptors (Lipinski definition) is 2. The van der Waals surface area contributed by atoms with Crippen molar-refractivity contribution < 1.29 is 22.7 Å². The lowest BCUT2D eigenvalue weighted by Gasteiger charge is -2.15. The van der Waals surface area contributed by atoms with E-state index in [-0.39, 0.29) is 10.0 Å². The van der Waals surface area contributed by atoms with Gasteiger partial charge in [-0.3, -0.25) is 4.79 Å². The second kappa shape index (κ2) is 5.08. The molecule has 0 amide bonds. The molecule has 0 aliphatic heterocycles. The number of rotatable bonds is 2. The first-order valence-electron chi connectivity index (χ1n) is 4.72. The first-order valence-corrected chi connectivity index (χ1v) is 5.51. The van der Waals surface area contributed by atoms with Gasteiger partial charge in [0.2, 0.25) is 0 Å². The molecule has 1 rings (SSSR count). The highest BCUT2D eigenvalue weighted by Crippen LogP contribution is 2.38. The summed E-state index contributed by atoms with van der Waals surface area (Å²) >= 11 is 2.89. The van der Waals surface area contributed by atoms with Crippen LogP contribution in [0.1, 0.15) is 24.0 Å². The zero-order chi connectivity index (χ0) is 13.2. The van der Waals surface area contributed by atoms with Crippen molar-refractivity contribution in [2.75, 3.05) is 7.11 Å². The molecule has 2 nitrogen and oxygen atoms in total. The predicted molar refractivity (Wildman–Crippen MR) is 59.6 cm³/mol. The molecule has 0 spiro atoms. The molecule has 0 aliphatic carbocycles. The summed E-state index contributed by atoms with van der Waals surface area (Å²) in [5, 5.41) is 0. The smallest absolute Gasteiger partial charge is 0.417 e. The normalized spacial score (nSPS) is 13.3. The summed E-state index contributed by atoms with van der Waals surface area (Å²) in [6.45, 7) is 1.49. The molecule has 0 aromatic heterocycles. The average molecular weight is 311 g/mol. The van der Waals surface area contributed by atoms with E-state index in [2.05, 4.69) is 20.7 Å². The standard InChI is InChI=1S/C11H10BrF3O2/c1-6(10(16)17-2)7-4-3-5-8(9(7)12)11(13,14)15/h3-6H,1-2H3/t6-/m0/s1.